The van der Waals surface area contributed by atoms with Gasteiger partial charge in [0.15, 0.2) is 0 Å². The topological polar surface area (TPSA) is 64.0 Å². The molecule has 1 N–H and O–H groups in total. The third kappa shape index (κ3) is 3.82. The van der Waals surface area contributed by atoms with Crippen molar-refractivity contribution in [1.29, 1.82) is 0 Å². The molecule has 2 aromatic carbocycles. The Morgan fingerprint density at radius 3 is 2.43 bits per heavy atom. The summed E-state index contributed by atoms with van der Waals surface area (Å²) in [6, 6.07) is 17.7. The molecular formula is C23H17F2N3O2. The van der Waals surface area contributed by atoms with Gasteiger partial charge in [0.25, 0.3) is 11.5 Å². The number of halogens is 2. The quantitative estimate of drug-likeness (QED) is 0.551. The van der Waals surface area contributed by atoms with Gasteiger partial charge in [-0.1, -0.05) is 36.4 Å². The van der Waals surface area contributed by atoms with Crippen LogP contribution in [0.2, 0.25) is 0 Å². The van der Waals surface area contributed by atoms with Crippen LogP contribution in [0.25, 0.3) is 11.0 Å². The Kier molecular flexibility index (Phi) is 5.34. The molecule has 0 bridgehead atoms. The fourth-order valence-corrected chi connectivity index (χ4v) is 3.25. The van der Waals surface area contributed by atoms with E-state index < -0.39 is 23.1 Å². The zero-order valence-electron chi connectivity index (χ0n) is 15.8. The minimum Gasteiger partial charge on any atom is -0.348 e. The van der Waals surface area contributed by atoms with E-state index in [2.05, 4.69) is 10.3 Å². The van der Waals surface area contributed by atoms with Crippen LogP contribution in [-0.4, -0.2) is 15.5 Å². The lowest BCUT2D eigenvalue weighted by molar-refractivity contribution is 0.0948. The van der Waals surface area contributed by atoms with Gasteiger partial charge in [0.05, 0.1) is 6.54 Å². The van der Waals surface area contributed by atoms with Crippen LogP contribution in [0.1, 0.15) is 21.5 Å². The minimum atomic E-state index is -0.764. The maximum absolute atomic E-state index is 13.8. The van der Waals surface area contributed by atoms with Gasteiger partial charge in [-0.15, -0.1) is 0 Å². The predicted molar refractivity (Wildman–Crippen MR) is 109 cm³/mol. The summed E-state index contributed by atoms with van der Waals surface area (Å²) in [6.07, 6.45) is 1.57. The predicted octanol–water partition coefficient (Wildman–Crippen LogP) is 3.65. The second kappa shape index (κ2) is 8.24. The first-order valence-corrected chi connectivity index (χ1v) is 9.28. The highest BCUT2D eigenvalue weighted by Gasteiger charge is 2.18. The number of pyridine rings is 2. The summed E-state index contributed by atoms with van der Waals surface area (Å²) < 4.78 is 29.1. The first-order chi connectivity index (χ1) is 14.5. The summed E-state index contributed by atoms with van der Waals surface area (Å²) in [5.41, 5.74) is 0.401. The Bertz CT molecular complexity index is 1270. The SMILES string of the molecule is O=C(NCc1c(F)cccc1F)c1cc2cccnc2n(Cc2ccccc2)c1=O. The third-order valence-corrected chi connectivity index (χ3v) is 4.76. The van der Waals surface area contributed by atoms with Crippen molar-refractivity contribution in [1.82, 2.24) is 14.9 Å². The Balaban J connectivity index is 1.71. The van der Waals surface area contributed by atoms with E-state index in [9.17, 15) is 18.4 Å². The van der Waals surface area contributed by atoms with Gasteiger partial charge in [-0.25, -0.2) is 13.8 Å². The Labute approximate surface area is 170 Å². The molecule has 0 radical (unpaired) electrons. The molecule has 150 valence electrons. The molecule has 0 fully saturated rings. The van der Waals surface area contributed by atoms with E-state index >= 15 is 0 Å². The van der Waals surface area contributed by atoms with Crippen molar-refractivity contribution in [2.45, 2.75) is 13.1 Å². The van der Waals surface area contributed by atoms with Crippen LogP contribution in [0.15, 0.2) is 77.7 Å². The summed E-state index contributed by atoms with van der Waals surface area (Å²) in [5.74, 6) is -2.24. The summed E-state index contributed by atoms with van der Waals surface area (Å²) in [6.45, 7) is -0.142. The van der Waals surface area contributed by atoms with Crippen LogP contribution in [0.4, 0.5) is 8.78 Å². The van der Waals surface area contributed by atoms with Gasteiger partial charge < -0.3 is 5.32 Å². The molecule has 0 unspecified atom stereocenters. The van der Waals surface area contributed by atoms with Gasteiger partial charge in [-0.2, -0.15) is 0 Å². The fourth-order valence-electron chi connectivity index (χ4n) is 3.25. The number of fused-ring (bicyclic) bond motifs is 1. The van der Waals surface area contributed by atoms with Crippen LogP contribution in [-0.2, 0) is 13.1 Å². The Morgan fingerprint density at radius 2 is 1.70 bits per heavy atom. The summed E-state index contributed by atoms with van der Waals surface area (Å²) in [5, 5.41) is 3.05. The number of carbonyl (C=O) groups is 1. The number of hydrogen-bond acceptors (Lipinski definition) is 3. The molecule has 5 nitrogen and oxygen atoms in total. The molecule has 0 aliphatic heterocycles. The minimum absolute atomic E-state index is 0.122. The molecule has 0 saturated carbocycles. The summed E-state index contributed by atoms with van der Waals surface area (Å²) in [4.78, 5) is 30.1. The average molecular weight is 405 g/mol. The molecule has 0 atom stereocenters. The van der Waals surface area contributed by atoms with E-state index in [1.54, 1.807) is 18.3 Å². The number of benzene rings is 2. The van der Waals surface area contributed by atoms with Crippen molar-refractivity contribution in [2.75, 3.05) is 0 Å². The van der Waals surface area contributed by atoms with E-state index in [0.29, 0.717) is 11.0 Å². The lowest BCUT2D eigenvalue weighted by Crippen LogP contribution is -2.33. The molecular weight excluding hydrogens is 388 g/mol. The Morgan fingerprint density at radius 1 is 0.967 bits per heavy atom. The number of aromatic nitrogens is 2. The summed E-state index contributed by atoms with van der Waals surface area (Å²) in [7, 11) is 0. The van der Waals surface area contributed by atoms with Gasteiger partial charge in [0, 0.05) is 23.7 Å². The zero-order chi connectivity index (χ0) is 21.1. The Hall–Kier alpha value is -3.87. The fraction of sp³-hybridized carbons (Fsp3) is 0.0870. The second-order valence-corrected chi connectivity index (χ2v) is 6.73. The molecule has 0 saturated heterocycles. The first kappa shape index (κ1) is 19.4. The number of nitrogens with zero attached hydrogens (tertiary/aromatic N) is 2. The number of nitrogens with one attached hydrogen (secondary N) is 1. The first-order valence-electron chi connectivity index (χ1n) is 9.28. The highest BCUT2D eigenvalue weighted by atomic mass is 19.1. The van der Waals surface area contributed by atoms with Crippen molar-refractivity contribution >= 4 is 16.9 Å². The van der Waals surface area contributed by atoms with Crippen molar-refractivity contribution in [3.8, 4) is 0 Å². The van der Waals surface area contributed by atoms with E-state index in [4.69, 9.17) is 0 Å². The molecule has 4 aromatic rings. The molecule has 1 amide bonds. The number of rotatable bonds is 5. The zero-order valence-corrected chi connectivity index (χ0v) is 15.8. The van der Waals surface area contributed by atoms with Gasteiger partial charge in [-0.3, -0.25) is 14.2 Å². The van der Waals surface area contributed by atoms with E-state index in [-0.39, 0.29) is 24.2 Å². The van der Waals surface area contributed by atoms with Gasteiger partial charge in [0.2, 0.25) is 0 Å². The van der Waals surface area contributed by atoms with Crippen LogP contribution in [0.5, 0.6) is 0 Å². The molecule has 7 heteroatoms. The maximum Gasteiger partial charge on any atom is 0.265 e. The van der Waals surface area contributed by atoms with Crippen LogP contribution in [0.3, 0.4) is 0 Å². The van der Waals surface area contributed by atoms with Crippen molar-refractivity contribution in [3.05, 3.63) is 112 Å². The number of amides is 1. The van der Waals surface area contributed by atoms with E-state index in [1.165, 1.54) is 16.7 Å². The van der Waals surface area contributed by atoms with E-state index in [0.717, 1.165) is 17.7 Å². The van der Waals surface area contributed by atoms with Gasteiger partial charge >= 0.3 is 0 Å². The molecule has 0 aliphatic rings. The number of hydrogen-bond donors (Lipinski definition) is 1. The van der Waals surface area contributed by atoms with Crippen molar-refractivity contribution in [3.63, 3.8) is 0 Å². The molecule has 0 aliphatic carbocycles. The normalized spacial score (nSPS) is 10.9. The van der Waals surface area contributed by atoms with Crippen molar-refractivity contribution < 1.29 is 13.6 Å². The molecule has 2 aromatic heterocycles. The monoisotopic (exact) mass is 405 g/mol. The van der Waals surface area contributed by atoms with Gasteiger partial charge in [0.1, 0.15) is 22.8 Å². The van der Waals surface area contributed by atoms with Gasteiger partial charge in [-0.05, 0) is 35.9 Å². The number of carbonyl (C=O) groups excluding carboxylic acids is 1. The highest BCUT2D eigenvalue weighted by molar-refractivity contribution is 5.96. The summed E-state index contributed by atoms with van der Waals surface area (Å²) >= 11 is 0. The van der Waals surface area contributed by atoms with E-state index in [1.807, 2.05) is 30.3 Å². The van der Waals surface area contributed by atoms with Crippen LogP contribution in [0, 0.1) is 11.6 Å². The van der Waals surface area contributed by atoms with Crippen molar-refractivity contribution in [2.24, 2.45) is 0 Å². The maximum atomic E-state index is 13.8. The third-order valence-electron chi connectivity index (χ3n) is 4.76. The smallest absolute Gasteiger partial charge is 0.265 e. The molecule has 4 rings (SSSR count). The molecule has 2 heterocycles. The lowest BCUT2D eigenvalue weighted by atomic mass is 10.1. The average Bonchev–Trinajstić information content (AvgIpc) is 2.75. The standard InChI is InChI=1S/C23H17F2N3O2/c24-19-9-4-10-20(25)18(19)13-27-22(29)17-12-16-8-5-11-26-21(16)28(23(17)30)14-15-6-2-1-3-7-15/h1-12H,13-14H2,(H,27,29). The molecule has 0 spiro atoms. The highest BCUT2D eigenvalue weighted by Crippen LogP contribution is 2.14. The second-order valence-electron chi connectivity index (χ2n) is 6.73. The largest absolute Gasteiger partial charge is 0.348 e. The molecule has 30 heavy (non-hydrogen) atoms. The van der Waals surface area contributed by atoms with Crippen LogP contribution >= 0.6 is 0 Å². The lowest BCUT2D eigenvalue weighted by Gasteiger charge is -2.13. The van der Waals surface area contributed by atoms with Crippen LogP contribution < -0.4 is 10.9 Å².